The number of benzene rings is 1. The maximum atomic E-state index is 11.7. The van der Waals surface area contributed by atoms with Crippen molar-refractivity contribution in [1.82, 2.24) is 4.90 Å². The highest BCUT2D eigenvalue weighted by atomic mass is 16.5. The van der Waals surface area contributed by atoms with Crippen LogP contribution < -0.4 is 4.74 Å². The molecule has 4 nitrogen and oxygen atoms in total. The van der Waals surface area contributed by atoms with E-state index in [-0.39, 0.29) is 11.5 Å². The molecule has 0 saturated carbocycles. The van der Waals surface area contributed by atoms with Gasteiger partial charge in [0.2, 0.25) is 0 Å². The Labute approximate surface area is 144 Å². The summed E-state index contributed by atoms with van der Waals surface area (Å²) in [7, 11) is 0. The highest BCUT2D eigenvalue weighted by Gasteiger charge is 2.37. The van der Waals surface area contributed by atoms with Gasteiger partial charge in [0.1, 0.15) is 17.1 Å². The molecule has 1 aromatic rings. The molecule has 0 bridgehead atoms. The number of piperidine rings is 1. The van der Waals surface area contributed by atoms with Gasteiger partial charge in [0, 0.05) is 31.3 Å². The van der Waals surface area contributed by atoms with Gasteiger partial charge in [-0.1, -0.05) is 6.92 Å². The predicted octanol–water partition coefficient (Wildman–Crippen LogP) is 3.19. The summed E-state index contributed by atoms with van der Waals surface area (Å²) in [5.41, 5.74) is 1.62. The third-order valence-corrected chi connectivity index (χ3v) is 5.56. The van der Waals surface area contributed by atoms with E-state index in [9.17, 15) is 4.79 Å². The first-order chi connectivity index (χ1) is 11.4. The molecule has 4 heteroatoms. The Morgan fingerprint density at radius 1 is 1.42 bits per heavy atom. The summed E-state index contributed by atoms with van der Waals surface area (Å²) in [4.78, 5) is 14.1. The van der Waals surface area contributed by atoms with Crippen LogP contribution in [0.25, 0.3) is 0 Å². The number of carbonyl (C=O) groups is 1. The lowest BCUT2D eigenvalue weighted by atomic mass is 9.80. The minimum atomic E-state index is -0.210. The molecular weight excluding hydrogens is 300 g/mol. The Bertz CT molecular complexity index is 675. The third kappa shape index (κ3) is 3.47. The van der Waals surface area contributed by atoms with E-state index < -0.39 is 0 Å². The van der Waals surface area contributed by atoms with Gasteiger partial charge in [0.15, 0.2) is 0 Å². The number of ether oxygens (including phenoxy) is 1. The number of carbonyl (C=O) groups excluding carboxylic acids is 1. The fourth-order valence-electron chi connectivity index (χ4n) is 3.87. The SMILES string of the molecule is CC1CN(CCC2Cc3cc(C#N)ccc3OC2(C)C)CCC1=O. The number of rotatable bonds is 3. The van der Waals surface area contributed by atoms with Gasteiger partial charge in [-0.05, 0) is 57.0 Å². The predicted molar refractivity (Wildman–Crippen MR) is 92.9 cm³/mol. The van der Waals surface area contributed by atoms with Gasteiger partial charge in [0.25, 0.3) is 0 Å². The first kappa shape index (κ1) is 17.0. The van der Waals surface area contributed by atoms with E-state index in [1.807, 2.05) is 25.1 Å². The zero-order valence-electron chi connectivity index (χ0n) is 14.8. The van der Waals surface area contributed by atoms with Crippen molar-refractivity contribution in [3.63, 3.8) is 0 Å². The summed E-state index contributed by atoms with van der Waals surface area (Å²) in [6.45, 7) is 9.10. The lowest BCUT2D eigenvalue weighted by molar-refractivity contribution is -0.125. The Balaban J connectivity index is 1.67. The second-order valence-corrected chi connectivity index (χ2v) is 7.75. The Morgan fingerprint density at radius 3 is 2.92 bits per heavy atom. The van der Waals surface area contributed by atoms with Crippen LogP contribution in [0.15, 0.2) is 18.2 Å². The third-order valence-electron chi connectivity index (χ3n) is 5.56. The fraction of sp³-hybridized carbons (Fsp3) is 0.600. The Hall–Kier alpha value is -1.86. The molecular formula is C20H26N2O2. The van der Waals surface area contributed by atoms with Crippen molar-refractivity contribution >= 4 is 5.78 Å². The van der Waals surface area contributed by atoms with Crippen LogP contribution in [-0.2, 0) is 11.2 Å². The molecule has 2 aliphatic rings. The van der Waals surface area contributed by atoms with Gasteiger partial charge < -0.3 is 9.64 Å². The number of hydrogen-bond acceptors (Lipinski definition) is 4. The molecule has 2 atom stereocenters. The summed E-state index contributed by atoms with van der Waals surface area (Å²) in [6, 6.07) is 7.91. The molecule has 24 heavy (non-hydrogen) atoms. The van der Waals surface area contributed by atoms with Crippen LogP contribution in [-0.4, -0.2) is 35.9 Å². The van der Waals surface area contributed by atoms with E-state index in [0.29, 0.717) is 23.7 Å². The molecule has 1 aromatic carbocycles. The molecule has 128 valence electrons. The first-order valence-electron chi connectivity index (χ1n) is 8.86. The minimum Gasteiger partial charge on any atom is -0.487 e. The second kappa shape index (κ2) is 6.57. The van der Waals surface area contributed by atoms with E-state index in [4.69, 9.17) is 10.00 Å². The number of nitriles is 1. The Morgan fingerprint density at radius 2 is 2.21 bits per heavy atom. The van der Waals surface area contributed by atoms with Crippen molar-refractivity contribution in [2.45, 2.75) is 45.6 Å². The van der Waals surface area contributed by atoms with Crippen LogP contribution in [0.5, 0.6) is 5.75 Å². The van der Waals surface area contributed by atoms with E-state index in [2.05, 4.69) is 24.8 Å². The number of hydrogen-bond donors (Lipinski definition) is 0. The van der Waals surface area contributed by atoms with Gasteiger partial charge in [-0.15, -0.1) is 0 Å². The highest BCUT2D eigenvalue weighted by molar-refractivity contribution is 5.81. The number of ketones is 1. The van der Waals surface area contributed by atoms with E-state index >= 15 is 0 Å². The quantitative estimate of drug-likeness (QED) is 0.856. The number of likely N-dealkylation sites (tertiary alicyclic amines) is 1. The summed E-state index contributed by atoms with van der Waals surface area (Å²) in [6.07, 6.45) is 2.67. The standard InChI is InChI=1S/C20H26N2O2/c1-14-13-22(9-7-18(14)23)8-6-17-11-16-10-15(12-21)4-5-19(16)24-20(17,2)3/h4-5,10,14,17H,6-9,11,13H2,1-3H3. The van der Waals surface area contributed by atoms with Crippen molar-refractivity contribution in [1.29, 1.82) is 5.26 Å². The van der Waals surface area contributed by atoms with Crippen molar-refractivity contribution < 1.29 is 9.53 Å². The van der Waals surface area contributed by atoms with Crippen molar-refractivity contribution in [2.24, 2.45) is 11.8 Å². The van der Waals surface area contributed by atoms with Crippen LogP contribution in [0.1, 0.15) is 44.7 Å². The van der Waals surface area contributed by atoms with Crippen LogP contribution in [0.3, 0.4) is 0 Å². The molecule has 0 aromatic heterocycles. The van der Waals surface area contributed by atoms with Crippen molar-refractivity contribution in [3.8, 4) is 11.8 Å². The van der Waals surface area contributed by atoms with Crippen molar-refractivity contribution in [3.05, 3.63) is 29.3 Å². The van der Waals surface area contributed by atoms with Crippen LogP contribution in [0, 0.1) is 23.2 Å². The molecule has 0 radical (unpaired) electrons. The van der Waals surface area contributed by atoms with Gasteiger partial charge >= 0.3 is 0 Å². The molecule has 3 rings (SSSR count). The molecule has 2 heterocycles. The monoisotopic (exact) mass is 326 g/mol. The molecule has 1 fully saturated rings. The molecule has 2 unspecified atom stereocenters. The zero-order chi connectivity index (χ0) is 17.3. The zero-order valence-corrected chi connectivity index (χ0v) is 14.8. The highest BCUT2D eigenvalue weighted by Crippen LogP contribution is 2.39. The lowest BCUT2D eigenvalue weighted by Crippen LogP contribution is -2.45. The average Bonchev–Trinajstić information content (AvgIpc) is 2.55. The van der Waals surface area contributed by atoms with Gasteiger partial charge in [-0.25, -0.2) is 0 Å². The Kier molecular flexibility index (Phi) is 4.64. The minimum absolute atomic E-state index is 0.160. The van der Waals surface area contributed by atoms with E-state index in [1.54, 1.807) is 0 Å². The number of Topliss-reactive ketones (excluding diaryl/α,β-unsaturated/α-hetero) is 1. The normalized spacial score (nSPS) is 26.3. The molecule has 0 N–H and O–H groups in total. The van der Waals surface area contributed by atoms with Gasteiger partial charge in [-0.2, -0.15) is 5.26 Å². The largest absolute Gasteiger partial charge is 0.487 e. The van der Waals surface area contributed by atoms with E-state index in [0.717, 1.165) is 43.8 Å². The number of nitrogens with zero attached hydrogens (tertiary/aromatic N) is 2. The van der Waals surface area contributed by atoms with Crippen LogP contribution in [0.4, 0.5) is 0 Å². The van der Waals surface area contributed by atoms with Crippen molar-refractivity contribution in [2.75, 3.05) is 19.6 Å². The summed E-state index contributed by atoms with van der Waals surface area (Å²) >= 11 is 0. The fourth-order valence-corrected chi connectivity index (χ4v) is 3.87. The maximum absolute atomic E-state index is 11.7. The summed E-state index contributed by atoms with van der Waals surface area (Å²) < 4.78 is 6.23. The average molecular weight is 326 g/mol. The van der Waals surface area contributed by atoms with Gasteiger partial charge in [-0.3, -0.25) is 4.79 Å². The molecule has 2 aliphatic heterocycles. The summed E-state index contributed by atoms with van der Waals surface area (Å²) in [5.74, 6) is 1.87. The second-order valence-electron chi connectivity index (χ2n) is 7.75. The molecule has 0 amide bonds. The number of fused-ring (bicyclic) bond motifs is 1. The molecule has 1 saturated heterocycles. The maximum Gasteiger partial charge on any atom is 0.138 e. The summed E-state index contributed by atoms with van der Waals surface area (Å²) in [5, 5.41) is 9.10. The van der Waals surface area contributed by atoms with Crippen LogP contribution >= 0.6 is 0 Å². The molecule has 0 aliphatic carbocycles. The lowest BCUT2D eigenvalue weighted by Gasteiger charge is -2.41. The smallest absolute Gasteiger partial charge is 0.138 e. The van der Waals surface area contributed by atoms with Gasteiger partial charge in [0.05, 0.1) is 11.6 Å². The molecule has 0 spiro atoms. The van der Waals surface area contributed by atoms with Crippen LogP contribution in [0.2, 0.25) is 0 Å². The first-order valence-corrected chi connectivity index (χ1v) is 8.86. The van der Waals surface area contributed by atoms with E-state index in [1.165, 1.54) is 0 Å². The topological polar surface area (TPSA) is 53.3 Å².